The van der Waals surface area contributed by atoms with Crippen molar-refractivity contribution in [2.75, 3.05) is 25.2 Å². The Morgan fingerprint density at radius 3 is 2.48 bits per heavy atom. The molecule has 1 unspecified atom stereocenters. The molecule has 1 atom stereocenters. The summed E-state index contributed by atoms with van der Waals surface area (Å²) in [5.74, 6) is -1.14. The van der Waals surface area contributed by atoms with Crippen LogP contribution < -0.4 is 10.5 Å². The van der Waals surface area contributed by atoms with Crippen molar-refractivity contribution in [2.24, 2.45) is 0 Å². The van der Waals surface area contributed by atoms with Gasteiger partial charge >= 0.3 is 0 Å². The summed E-state index contributed by atoms with van der Waals surface area (Å²) in [7, 11) is 1.28. The molecule has 0 bridgehead atoms. The van der Waals surface area contributed by atoms with E-state index in [0.29, 0.717) is 0 Å². The number of aromatic nitrogens is 1. The fourth-order valence-corrected chi connectivity index (χ4v) is 3.22. The molecule has 0 saturated carbocycles. The summed E-state index contributed by atoms with van der Waals surface area (Å²) in [5.41, 5.74) is 6.11. The van der Waals surface area contributed by atoms with E-state index in [2.05, 4.69) is 4.98 Å². The van der Waals surface area contributed by atoms with Gasteiger partial charge in [-0.3, -0.25) is 0 Å². The molecule has 0 amide bonds. The Hall–Kier alpha value is -3.18. The third-order valence-corrected chi connectivity index (χ3v) is 4.72. The number of hydrogen-bond donors (Lipinski definition) is 5. The summed E-state index contributed by atoms with van der Waals surface area (Å²) in [6, 6.07) is 6.37. The smallest absolute Gasteiger partial charge is 0.200 e. The van der Waals surface area contributed by atoms with Gasteiger partial charge in [-0.2, -0.15) is 10.5 Å². The predicted molar refractivity (Wildman–Crippen MR) is 97.2 cm³/mol. The molecule has 140 valence electrons. The number of phenols is 2. The minimum atomic E-state index is -1.03. The minimum Gasteiger partial charge on any atom is -0.504 e. The van der Waals surface area contributed by atoms with E-state index in [4.69, 9.17) is 15.6 Å². The molecule has 0 spiro atoms. The van der Waals surface area contributed by atoms with Gasteiger partial charge in [0, 0.05) is 11.3 Å². The Morgan fingerprint density at radius 1 is 1.26 bits per heavy atom. The van der Waals surface area contributed by atoms with Crippen molar-refractivity contribution >= 4 is 17.6 Å². The Balaban J connectivity index is 2.75. The number of pyridine rings is 1. The van der Waals surface area contributed by atoms with Crippen molar-refractivity contribution in [1.82, 2.24) is 4.98 Å². The third kappa shape index (κ3) is 3.99. The lowest BCUT2D eigenvalue weighted by atomic mass is 9.96. The highest BCUT2D eigenvalue weighted by Gasteiger charge is 2.23. The first-order chi connectivity index (χ1) is 12.9. The number of methoxy groups -OCH3 is 1. The van der Waals surface area contributed by atoms with Crippen LogP contribution in [-0.2, 0) is 0 Å². The van der Waals surface area contributed by atoms with E-state index in [1.54, 1.807) is 0 Å². The third-order valence-electron chi connectivity index (χ3n) is 3.60. The Morgan fingerprint density at radius 2 is 1.93 bits per heavy atom. The zero-order chi connectivity index (χ0) is 20.1. The number of aromatic hydroxyl groups is 2. The van der Waals surface area contributed by atoms with Crippen LogP contribution in [0.15, 0.2) is 17.2 Å². The molecule has 6 N–H and O–H groups in total. The SMILES string of the molecule is COc1cc(-c2c(C#N)c(N)nc(SCC(O)CO)c2C#N)cc(O)c1O. The number of benzene rings is 1. The Bertz CT molecular complexity index is 952. The molecule has 0 aliphatic carbocycles. The van der Waals surface area contributed by atoms with Crippen molar-refractivity contribution in [3.63, 3.8) is 0 Å². The lowest BCUT2D eigenvalue weighted by Gasteiger charge is -2.15. The number of nitrogen functional groups attached to an aromatic ring is 1. The molecule has 2 rings (SSSR count). The van der Waals surface area contributed by atoms with Gasteiger partial charge < -0.3 is 30.9 Å². The molecular formula is C17H16N4O5S. The molecule has 0 fully saturated rings. The summed E-state index contributed by atoms with van der Waals surface area (Å²) in [4.78, 5) is 4.05. The highest BCUT2D eigenvalue weighted by atomic mass is 32.2. The average molecular weight is 388 g/mol. The van der Waals surface area contributed by atoms with Gasteiger partial charge in [-0.1, -0.05) is 0 Å². The molecule has 0 aliphatic heterocycles. The second kappa shape index (κ2) is 8.47. The molecule has 1 aromatic heterocycles. The molecule has 2 aromatic rings. The van der Waals surface area contributed by atoms with Gasteiger partial charge in [0.1, 0.15) is 28.5 Å². The second-order valence-corrected chi connectivity index (χ2v) is 6.35. The quantitative estimate of drug-likeness (QED) is 0.353. The van der Waals surface area contributed by atoms with Gasteiger partial charge in [0.2, 0.25) is 5.75 Å². The first-order valence-corrected chi connectivity index (χ1v) is 8.52. The van der Waals surface area contributed by atoms with Crippen LogP contribution in [0.5, 0.6) is 17.2 Å². The van der Waals surface area contributed by atoms with E-state index >= 15 is 0 Å². The average Bonchev–Trinajstić information content (AvgIpc) is 2.67. The number of nitrogens with two attached hydrogens (primary N) is 1. The van der Waals surface area contributed by atoms with Crippen LogP contribution in [0.1, 0.15) is 11.1 Å². The zero-order valence-corrected chi connectivity index (χ0v) is 15.0. The largest absolute Gasteiger partial charge is 0.504 e. The highest BCUT2D eigenvalue weighted by molar-refractivity contribution is 7.99. The van der Waals surface area contributed by atoms with Crippen LogP contribution >= 0.6 is 11.8 Å². The van der Waals surface area contributed by atoms with Gasteiger partial charge in [-0.05, 0) is 17.7 Å². The van der Waals surface area contributed by atoms with Crippen LogP contribution in [0, 0.1) is 22.7 Å². The van der Waals surface area contributed by atoms with E-state index in [0.717, 1.165) is 11.8 Å². The first-order valence-electron chi connectivity index (χ1n) is 7.53. The van der Waals surface area contributed by atoms with Crippen LogP contribution in [-0.4, -0.2) is 51.0 Å². The lowest BCUT2D eigenvalue weighted by Crippen LogP contribution is -2.15. The fraction of sp³-hybridized carbons (Fsp3) is 0.235. The molecule has 1 aromatic carbocycles. The monoisotopic (exact) mass is 388 g/mol. The van der Waals surface area contributed by atoms with Gasteiger partial charge in [0.15, 0.2) is 11.5 Å². The van der Waals surface area contributed by atoms with Crippen LogP contribution in [0.2, 0.25) is 0 Å². The van der Waals surface area contributed by atoms with Gasteiger partial charge in [0.05, 0.1) is 25.4 Å². The predicted octanol–water partition coefficient (Wildman–Crippen LogP) is 0.939. The molecule has 1 heterocycles. The number of ether oxygens (including phenoxy) is 1. The number of aliphatic hydroxyl groups excluding tert-OH is 2. The molecule has 0 aliphatic rings. The summed E-state index contributed by atoms with van der Waals surface area (Å²) in [6.45, 7) is -0.462. The molecule has 9 nitrogen and oxygen atoms in total. The second-order valence-electron chi connectivity index (χ2n) is 5.34. The van der Waals surface area contributed by atoms with Crippen LogP contribution in [0.4, 0.5) is 5.82 Å². The van der Waals surface area contributed by atoms with Crippen LogP contribution in [0.3, 0.4) is 0 Å². The van der Waals surface area contributed by atoms with Crippen molar-refractivity contribution in [3.05, 3.63) is 23.3 Å². The number of anilines is 1. The van der Waals surface area contributed by atoms with E-state index < -0.39 is 24.2 Å². The van der Waals surface area contributed by atoms with Crippen LogP contribution in [0.25, 0.3) is 11.1 Å². The summed E-state index contributed by atoms with van der Waals surface area (Å²) >= 11 is 0.988. The number of hydrogen-bond acceptors (Lipinski definition) is 10. The number of phenolic OH excluding ortho intramolecular Hbond substituents is 2. The van der Waals surface area contributed by atoms with Gasteiger partial charge in [-0.15, -0.1) is 11.8 Å². The van der Waals surface area contributed by atoms with E-state index in [9.17, 15) is 25.8 Å². The maximum atomic E-state index is 9.94. The number of rotatable bonds is 6. The van der Waals surface area contributed by atoms with E-state index in [1.165, 1.54) is 19.2 Å². The maximum Gasteiger partial charge on any atom is 0.200 e. The Kier molecular flexibility index (Phi) is 6.32. The van der Waals surface area contributed by atoms with E-state index in [-0.39, 0.29) is 44.6 Å². The first kappa shape index (κ1) is 20.1. The molecule has 10 heteroatoms. The standard InChI is InChI=1S/C17H16N4O5S/c1-26-13-3-8(2-12(24)15(13)25)14-10(4-18)16(20)21-17(11(14)5-19)27-7-9(23)6-22/h2-3,9,22-25H,6-7H2,1H3,(H2,20,21). The number of nitrogens with zero attached hydrogens (tertiary/aromatic N) is 3. The molecule has 0 radical (unpaired) electrons. The van der Waals surface area contributed by atoms with Gasteiger partial charge in [0.25, 0.3) is 0 Å². The van der Waals surface area contributed by atoms with Gasteiger partial charge in [-0.25, -0.2) is 4.98 Å². The highest BCUT2D eigenvalue weighted by Crippen LogP contribution is 2.43. The maximum absolute atomic E-state index is 9.94. The van der Waals surface area contributed by atoms with Crippen molar-refractivity contribution < 1.29 is 25.2 Å². The lowest BCUT2D eigenvalue weighted by molar-refractivity contribution is 0.113. The number of nitriles is 2. The number of thioether (sulfide) groups is 1. The molecular weight excluding hydrogens is 372 g/mol. The summed E-state index contributed by atoms with van der Waals surface area (Å²) in [5, 5.41) is 57.5. The minimum absolute atomic E-state index is 0.00281. The Labute approximate surface area is 158 Å². The molecule has 27 heavy (non-hydrogen) atoms. The van der Waals surface area contributed by atoms with Crippen molar-refractivity contribution in [1.29, 1.82) is 10.5 Å². The summed E-state index contributed by atoms with van der Waals surface area (Å²) < 4.78 is 5.00. The zero-order valence-electron chi connectivity index (χ0n) is 14.2. The van der Waals surface area contributed by atoms with Crippen molar-refractivity contribution in [2.45, 2.75) is 11.1 Å². The van der Waals surface area contributed by atoms with Crippen molar-refractivity contribution in [3.8, 4) is 40.5 Å². The molecule has 0 saturated heterocycles. The topological polar surface area (TPSA) is 177 Å². The van der Waals surface area contributed by atoms with E-state index in [1.807, 2.05) is 12.1 Å². The normalized spacial score (nSPS) is 11.4. The summed E-state index contributed by atoms with van der Waals surface area (Å²) in [6.07, 6.45) is -1.03. The fourth-order valence-electron chi connectivity index (χ4n) is 2.31. The number of aliphatic hydroxyl groups is 2.